The summed E-state index contributed by atoms with van der Waals surface area (Å²) in [7, 11) is 0. The number of carboxylic acids is 1. The lowest BCUT2D eigenvalue weighted by atomic mass is 9.90. The van der Waals surface area contributed by atoms with Crippen LogP contribution in [0, 0.1) is 11.8 Å². The lowest BCUT2D eigenvalue weighted by Crippen LogP contribution is -2.45. The van der Waals surface area contributed by atoms with Crippen molar-refractivity contribution in [2.45, 2.75) is 33.2 Å². The van der Waals surface area contributed by atoms with Crippen molar-refractivity contribution in [2.24, 2.45) is 11.8 Å². The van der Waals surface area contributed by atoms with E-state index in [1.165, 1.54) is 6.92 Å². The van der Waals surface area contributed by atoms with Gasteiger partial charge in [0.15, 0.2) is 0 Å². The first-order valence-electron chi connectivity index (χ1n) is 6.56. The molecule has 0 aliphatic rings. The summed E-state index contributed by atoms with van der Waals surface area (Å²) < 4.78 is 0. The van der Waals surface area contributed by atoms with Gasteiger partial charge in [0.05, 0.1) is 11.5 Å². The molecule has 0 aliphatic carbocycles. The van der Waals surface area contributed by atoms with E-state index in [0.717, 1.165) is 5.56 Å². The third-order valence-corrected chi connectivity index (χ3v) is 3.62. The summed E-state index contributed by atoms with van der Waals surface area (Å²) in [6, 6.07) is 7.24. The Bertz CT molecular complexity index is 494. The van der Waals surface area contributed by atoms with Crippen LogP contribution in [0.5, 0.6) is 0 Å². The molecule has 4 N–H and O–H groups in total. The van der Waals surface area contributed by atoms with E-state index >= 15 is 0 Å². The molecule has 5 nitrogen and oxygen atoms in total. The van der Waals surface area contributed by atoms with Gasteiger partial charge in [0, 0.05) is 11.6 Å². The molecule has 0 saturated heterocycles. The van der Waals surface area contributed by atoms with Crippen LogP contribution in [0.3, 0.4) is 0 Å². The monoisotopic (exact) mass is 278 g/mol. The molecule has 0 heterocycles. The highest BCUT2D eigenvalue weighted by atomic mass is 16.4. The third-order valence-electron chi connectivity index (χ3n) is 3.62. The zero-order valence-electron chi connectivity index (χ0n) is 12.3. The van der Waals surface area contributed by atoms with Gasteiger partial charge in [-0.3, -0.25) is 9.59 Å². The summed E-state index contributed by atoms with van der Waals surface area (Å²) in [4.78, 5) is 23.1. The average molecular weight is 278 g/mol. The number of anilines is 1. The van der Waals surface area contributed by atoms with E-state index in [0.29, 0.717) is 5.69 Å². The van der Waals surface area contributed by atoms with Crippen molar-refractivity contribution in [1.82, 2.24) is 5.32 Å². The first-order chi connectivity index (χ1) is 9.15. The smallest absolute Gasteiger partial charge is 0.307 e. The van der Waals surface area contributed by atoms with E-state index in [-0.39, 0.29) is 5.91 Å². The summed E-state index contributed by atoms with van der Waals surface area (Å²) in [6.45, 7) is 6.89. The topological polar surface area (TPSA) is 92.4 Å². The molecular weight excluding hydrogens is 256 g/mol. The van der Waals surface area contributed by atoms with E-state index < -0.39 is 23.3 Å². The van der Waals surface area contributed by atoms with Gasteiger partial charge in [0.25, 0.3) is 0 Å². The Labute approximate surface area is 119 Å². The highest BCUT2D eigenvalue weighted by molar-refractivity contribution is 5.84. The molecule has 5 heteroatoms. The molecular formula is C15H22N2O3. The predicted molar refractivity (Wildman–Crippen MR) is 78.0 cm³/mol. The quantitative estimate of drug-likeness (QED) is 0.718. The van der Waals surface area contributed by atoms with Crippen LogP contribution in [0.15, 0.2) is 24.3 Å². The van der Waals surface area contributed by atoms with E-state index in [1.54, 1.807) is 19.1 Å². The van der Waals surface area contributed by atoms with Gasteiger partial charge in [-0.25, -0.2) is 0 Å². The number of carbonyl (C=O) groups excluding carboxylic acids is 1. The number of rotatable bonds is 5. The first-order valence-corrected chi connectivity index (χ1v) is 6.56. The second kappa shape index (κ2) is 5.94. The SMILES string of the molecule is CC(C(=O)O)C(C)C(=O)NC(C)(C)c1ccc(N)cc1. The molecule has 0 fully saturated rings. The van der Waals surface area contributed by atoms with Crippen molar-refractivity contribution in [2.75, 3.05) is 5.73 Å². The molecule has 2 atom stereocenters. The van der Waals surface area contributed by atoms with E-state index in [1.807, 2.05) is 26.0 Å². The maximum atomic E-state index is 12.1. The fourth-order valence-corrected chi connectivity index (χ4v) is 1.83. The zero-order valence-corrected chi connectivity index (χ0v) is 12.3. The number of nitrogens with one attached hydrogen (secondary N) is 1. The van der Waals surface area contributed by atoms with Crippen LogP contribution in [-0.2, 0) is 15.1 Å². The van der Waals surface area contributed by atoms with Crippen LogP contribution in [-0.4, -0.2) is 17.0 Å². The van der Waals surface area contributed by atoms with Crippen molar-refractivity contribution in [3.63, 3.8) is 0 Å². The number of hydrogen-bond acceptors (Lipinski definition) is 3. The first kappa shape index (κ1) is 16.0. The number of hydrogen-bond donors (Lipinski definition) is 3. The van der Waals surface area contributed by atoms with Gasteiger partial charge in [0.1, 0.15) is 0 Å². The van der Waals surface area contributed by atoms with Crippen LogP contribution in [0.4, 0.5) is 5.69 Å². The zero-order chi connectivity index (χ0) is 15.5. The number of nitrogen functional groups attached to an aromatic ring is 1. The largest absolute Gasteiger partial charge is 0.481 e. The normalized spacial score (nSPS) is 14.4. The van der Waals surface area contributed by atoms with E-state index in [9.17, 15) is 9.59 Å². The van der Waals surface area contributed by atoms with Crippen molar-refractivity contribution >= 4 is 17.6 Å². The van der Waals surface area contributed by atoms with Gasteiger partial charge >= 0.3 is 5.97 Å². The number of carbonyl (C=O) groups is 2. The molecule has 1 amide bonds. The number of benzene rings is 1. The Kier molecular flexibility index (Phi) is 4.76. The minimum Gasteiger partial charge on any atom is -0.481 e. The second-order valence-electron chi connectivity index (χ2n) is 5.65. The fourth-order valence-electron chi connectivity index (χ4n) is 1.83. The standard InChI is InChI=1S/C15H22N2O3/c1-9(10(2)14(19)20)13(18)17-15(3,4)11-5-7-12(16)8-6-11/h5-10H,16H2,1-4H3,(H,17,18)(H,19,20). The molecule has 0 radical (unpaired) electrons. The number of carboxylic acid groups (broad SMARTS) is 1. The number of nitrogens with two attached hydrogens (primary N) is 1. The Hall–Kier alpha value is -2.04. The molecule has 0 bridgehead atoms. The maximum Gasteiger partial charge on any atom is 0.307 e. The lowest BCUT2D eigenvalue weighted by molar-refractivity contribution is -0.146. The third kappa shape index (κ3) is 3.73. The number of aliphatic carboxylic acids is 1. The van der Waals surface area contributed by atoms with Crippen LogP contribution in [0.25, 0.3) is 0 Å². The molecule has 1 aromatic rings. The highest BCUT2D eigenvalue weighted by Crippen LogP contribution is 2.22. The lowest BCUT2D eigenvalue weighted by Gasteiger charge is -2.29. The minimum atomic E-state index is -0.974. The molecule has 1 rings (SSSR count). The molecule has 0 saturated carbocycles. The van der Waals surface area contributed by atoms with Crippen LogP contribution in [0.1, 0.15) is 33.3 Å². The van der Waals surface area contributed by atoms with Crippen molar-refractivity contribution in [3.05, 3.63) is 29.8 Å². The van der Waals surface area contributed by atoms with E-state index in [4.69, 9.17) is 10.8 Å². The van der Waals surface area contributed by atoms with Crippen molar-refractivity contribution in [3.8, 4) is 0 Å². The second-order valence-corrected chi connectivity index (χ2v) is 5.65. The Morgan fingerprint density at radius 3 is 2.10 bits per heavy atom. The Morgan fingerprint density at radius 1 is 1.15 bits per heavy atom. The predicted octanol–water partition coefficient (Wildman–Crippen LogP) is 1.98. The van der Waals surface area contributed by atoms with Crippen LogP contribution in [0.2, 0.25) is 0 Å². The van der Waals surface area contributed by atoms with Gasteiger partial charge in [-0.1, -0.05) is 26.0 Å². The van der Waals surface area contributed by atoms with Crippen LogP contribution >= 0.6 is 0 Å². The summed E-state index contributed by atoms with van der Waals surface area (Å²) in [6.07, 6.45) is 0. The maximum absolute atomic E-state index is 12.1. The van der Waals surface area contributed by atoms with Gasteiger partial charge < -0.3 is 16.2 Å². The summed E-state index contributed by atoms with van der Waals surface area (Å²) in [5, 5.41) is 11.8. The Morgan fingerprint density at radius 2 is 1.65 bits per heavy atom. The Balaban J connectivity index is 2.82. The summed E-state index contributed by atoms with van der Waals surface area (Å²) in [5.41, 5.74) is 6.62. The van der Waals surface area contributed by atoms with Gasteiger partial charge in [-0.2, -0.15) is 0 Å². The fraction of sp³-hybridized carbons (Fsp3) is 0.467. The van der Waals surface area contributed by atoms with Gasteiger partial charge in [0.2, 0.25) is 5.91 Å². The molecule has 0 aliphatic heterocycles. The summed E-state index contributed by atoms with van der Waals surface area (Å²) >= 11 is 0. The molecule has 20 heavy (non-hydrogen) atoms. The average Bonchev–Trinajstić information content (AvgIpc) is 2.36. The molecule has 1 aromatic carbocycles. The van der Waals surface area contributed by atoms with Crippen molar-refractivity contribution < 1.29 is 14.7 Å². The van der Waals surface area contributed by atoms with E-state index in [2.05, 4.69) is 5.32 Å². The van der Waals surface area contributed by atoms with Crippen molar-refractivity contribution in [1.29, 1.82) is 0 Å². The van der Waals surface area contributed by atoms with Crippen LogP contribution < -0.4 is 11.1 Å². The summed E-state index contributed by atoms with van der Waals surface area (Å²) in [5.74, 6) is -2.57. The molecule has 0 aromatic heterocycles. The number of amides is 1. The molecule has 0 spiro atoms. The van der Waals surface area contributed by atoms with Gasteiger partial charge in [-0.05, 0) is 31.5 Å². The molecule has 110 valence electrons. The molecule has 2 unspecified atom stereocenters. The van der Waals surface area contributed by atoms with Gasteiger partial charge in [-0.15, -0.1) is 0 Å². The minimum absolute atomic E-state index is 0.276. The highest BCUT2D eigenvalue weighted by Gasteiger charge is 2.30.